The number of halogens is 1. The Morgan fingerprint density at radius 3 is 2.95 bits per heavy atom. The highest BCUT2D eigenvalue weighted by Crippen LogP contribution is 2.37. The Hall–Kier alpha value is -1.62. The van der Waals surface area contributed by atoms with Gasteiger partial charge in [-0.15, -0.1) is 0 Å². The van der Waals surface area contributed by atoms with Gasteiger partial charge in [0.05, 0.1) is 6.61 Å². The van der Waals surface area contributed by atoms with Crippen LogP contribution in [0.3, 0.4) is 0 Å². The van der Waals surface area contributed by atoms with Crippen LogP contribution in [0.5, 0.6) is 5.75 Å². The summed E-state index contributed by atoms with van der Waals surface area (Å²) in [5.41, 5.74) is 5.54. The second-order valence-electron chi connectivity index (χ2n) is 5.72. The number of nitrogens with one attached hydrogen (secondary N) is 1. The first kappa shape index (κ1) is 15.8. The van der Waals surface area contributed by atoms with Gasteiger partial charge in [0, 0.05) is 6.07 Å². The summed E-state index contributed by atoms with van der Waals surface area (Å²) in [5, 5.41) is 3.10. The molecule has 4 nitrogen and oxygen atoms in total. The molecule has 2 unspecified atom stereocenters. The van der Waals surface area contributed by atoms with Gasteiger partial charge in [0.15, 0.2) is 0 Å². The van der Waals surface area contributed by atoms with Crippen LogP contribution in [0.2, 0.25) is 0 Å². The molecule has 0 bridgehead atoms. The second-order valence-corrected chi connectivity index (χ2v) is 5.72. The number of likely N-dealkylation sites (N-methyl/N-ethyl adjacent to an activating group) is 1. The van der Waals surface area contributed by atoms with E-state index in [0.29, 0.717) is 17.9 Å². The Kier molecular flexibility index (Phi) is 4.83. The van der Waals surface area contributed by atoms with Crippen molar-refractivity contribution in [1.29, 1.82) is 0 Å². The molecule has 1 aliphatic carbocycles. The van der Waals surface area contributed by atoms with Gasteiger partial charge in [-0.05, 0) is 50.8 Å². The maximum absolute atomic E-state index is 13.4. The van der Waals surface area contributed by atoms with E-state index in [1.165, 1.54) is 6.07 Å². The molecule has 1 amide bonds. The molecule has 0 radical (unpaired) electrons. The van der Waals surface area contributed by atoms with Gasteiger partial charge in [-0.2, -0.15) is 0 Å². The largest absolute Gasteiger partial charge is 0.493 e. The third-order valence-corrected chi connectivity index (χ3v) is 4.58. The Balaban J connectivity index is 1.93. The monoisotopic (exact) mass is 294 g/mol. The lowest BCUT2D eigenvalue weighted by molar-refractivity contribution is -0.125. The fourth-order valence-corrected chi connectivity index (χ4v) is 3.23. The summed E-state index contributed by atoms with van der Waals surface area (Å²) in [6.45, 7) is 2.16. The highest BCUT2D eigenvalue weighted by Gasteiger charge is 2.46. The van der Waals surface area contributed by atoms with Gasteiger partial charge in [0.1, 0.15) is 17.1 Å². The SMILES string of the molecule is CNC1(C(N)=O)CCCC1CCOc1ccc(C)c(F)c1. The molecule has 1 saturated carbocycles. The van der Waals surface area contributed by atoms with E-state index in [1.807, 2.05) is 0 Å². The van der Waals surface area contributed by atoms with Crippen LogP contribution in [-0.4, -0.2) is 25.1 Å². The van der Waals surface area contributed by atoms with Crippen LogP contribution in [0.25, 0.3) is 0 Å². The average Bonchev–Trinajstić information content (AvgIpc) is 2.87. The lowest BCUT2D eigenvalue weighted by atomic mass is 9.84. The minimum atomic E-state index is -0.623. The number of amides is 1. The third kappa shape index (κ3) is 3.18. The standard InChI is InChI=1S/C16H23FN2O2/c1-11-5-6-13(10-14(11)17)21-9-7-12-4-3-8-16(12,19-2)15(18)20/h5-6,10,12,19H,3-4,7-9H2,1-2H3,(H2,18,20). The highest BCUT2D eigenvalue weighted by molar-refractivity contribution is 5.85. The summed E-state index contributed by atoms with van der Waals surface area (Å²) in [5.74, 6) is 0.115. The first-order valence-electron chi connectivity index (χ1n) is 7.37. The molecule has 5 heteroatoms. The maximum Gasteiger partial charge on any atom is 0.238 e. The van der Waals surface area contributed by atoms with Crippen LogP contribution in [0.15, 0.2) is 18.2 Å². The van der Waals surface area contributed by atoms with E-state index in [2.05, 4.69) is 5.32 Å². The van der Waals surface area contributed by atoms with E-state index in [0.717, 1.165) is 25.7 Å². The van der Waals surface area contributed by atoms with Gasteiger partial charge in [-0.1, -0.05) is 12.5 Å². The van der Waals surface area contributed by atoms with Crippen molar-refractivity contribution in [2.45, 2.75) is 38.1 Å². The zero-order valence-corrected chi connectivity index (χ0v) is 12.6. The normalized spacial score (nSPS) is 25.0. The lowest BCUT2D eigenvalue weighted by Gasteiger charge is -2.32. The molecule has 2 rings (SSSR count). The predicted molar refractivity (Wildman–Crippen MR) is 79.6 cm³/mol. The Morgan fingerprint density at radius 1 is 1.57 bits per heavy atom. The van der Waals surface area contributed by atoms with Crippen molar-refractivity contribution < 1.29 is 13.9 Å². The van der Waals surface area contributed by atoms with Crippen LogP contribution in [0, 0.1) is 18.7 Å². The van der Waals surface area contributed by atoms with E-state index in [1.54, 1.807) is 26.1 Å². The third-order valence-electron chi connectivity index (χ3n) is 4.58. The van der Waals surface area contributed by atoms with Crippen molar-refractivity contribution >= 4 is 5.91 Å². The number of hydrogen-bond donors (Lipinski definition) is 2. The summed E-state index contributed by atoms with van der Waals surface area (Å²) in [7, 11) is 1.78. The van der Waals surface area contributed by atoms with E-state index < -0.39 is 5.54 Å². The Bertz CT molecular complexity index is 521. The van der Waals surface area contributed by atoms with Gasteiger partial charge >= 0.3 is 0 Å². The van der Waals surface area contributed by atoms with Crippen molar-refractivity contribution in [2.24, 2.45) is 11.7 Å². The van der Waals surface area contributed by atoms with Crippen LogP contribution in [0.4, 0.5) is 4.39 Å². The van der Waals surface area contributed by atoms with Crippen LogP contribution >= 0.6 is 0 Å². The van der Waals surface area contributed by atoms with Gasteiger partial charge in [0.25, 0.3) is 0 Å². The number of ether oxygens (including phenoxy) is 1. The Labute approximate surface area is 124 Å². The Morgan fingerprint density at radius 2 is 2.33 bits per heavy atom. The van der Waals surface area contributed by atoms with E-state index in [4.69, 9.17) is 10.5 Å². The molecule has 1 fully saturated rings. The molecule has 0 aliphatic heterocycles. The summed E-state index contributed by atoms with van der Waals surface area (Å²) in [6.07, 6.45) is 3.42. The van der Waals surface area contributed by atoms with Gasteiger partial charge in [-0.25, -0.2) is 4.39 Å². The van der Waals surface area contributed by atoms with Gasteiger partial charge in [0.2, 0.25) is 5.91 Å². The molecular formula is C16H23FN2O2. The molecule has 0 heterocycles. The smallest absolute Gasteiger partial charge is 0.238 e. The number of carbonyl (C=O) groups excluding carboxylic acids is 1. The number of nitrogens with two attached hydrogens (primary N) is 1. The molecule has 21 heavy (non-hydrogen) atoms. The average molecular weight is 294 g/mol. The number of hydrogen-bond acceptors (Lipinski definition) is 3. The minimum absolute atomic E-state index is 0.162. The summed E-state index contributed by atoms with van der Waals surface area (Å²) in [6, 6.07) is 4.84. The number of aryl methyl sites for hydroxylation is 1. The summed E-state index contributed by atoms with van der Waals surface area (Å²) < 4.78 is 19.0. The first-order valence-corrected chi connectivity index (χ1v) is 7.37. The highest BCUT2D eigenvalue weighted by atomic mass is 19.1. The van der Waals surface area contributed by atoms with Crippen LogP contribution in [-0.2, 0) is 4.79 Å². The molecule has 0 spiro atoms. The molecular weight excluding hydrogens is 271 g/mol. The van der Waals surface area contributed by atoms with Gasteiger partial charge < -0.3 is 15.8 Å². The minimum Gasteiger partial charge on any atom is -0.493 e. The quantitative estimate of drug-likeness (QED) is 0.845. The zero-order valence-electron chi connectivity index (χ0n) is 12.6. The van der Waals surface area contributed by atoms with Crippen molar-refractivity contribution in [1.82, 2.24) is 5.32 Å². The molecule has 0 aromatic heterocycles. The first-order chi connectivity index (χ1) is 9.99. The number of carbonyl (C=O) groups is 1. The summed E-state index contributed by atoms with van der Waals surface area (Å²) in [4.78, 5) is 11.7. The molecule has 1 aromatic rings. The fraction of sp³-hybridized carbons (Fsp3) is 0.562. The van der Waals surface area contributed by atoms with E-state index in [-0.39, 0.29) is 17.6 Å². The maximum atomic E-state index is 13.4. The fourth-order valence-electron chi connectivity index (χ4n) is 3.23. The molecule has 3 N–H and O–H groups in total. The van der Waals surface area contributed by atoms with Crippen molar-refractivity contribution in [2.75, 3.05) is 13.7 Å². The van der Waals surface area contributed by atoms with Crippen molar-refractivity contribution in [3.8, 4) is 5.75 Å². The van der Waals surface area contributed by atoms with E-state index >= 15 is 0 Å². The topological polar surface area (TPSA) is 64.3 Å². The second kappa shape index (κ2) is 6.43. The molecule has 1 aromatic carbocycles. The lowest BCUT2D eigenvalue weighted by Crippen LogP contribution is -2.56. The predicted octanol–water partition coefficient (Wildman–Crippen LogP) is 2.15. The van der Waals surface area contributed by atoms with Crippen LogP contribution < -0.4 is 15.8 Å². The van der Waals surface area contributed by atoms with Crippen molar-refractivity contribution in [3.05, 3.63) is 29.6 Å². The number of benzene rings is 1. The zero-order chi connectivity index (χ0) is 15.5. The van der Waals surface area contributed by atoms with Crippen LogP contribution in [0.1, 0.15) is 31.2 Å². The van der Waals surface area contributed by atoms with Crippen molar-refractivity contribution in [3.63, 3.8) is 0 Å². The van der Waals surface area contributed by atoms with Gasteiger partial charge in [-0.3, -0.25) is 4.79 Å². The number of primary amides is 1. The molecule has 0 saturated heterocycles. The molecule has 1 aliphatic rings. The molecule has 116 valence electrons. The summed E-state index contributed by atoms with van der Waals surface area (Å²) >= 11 is 0. The number of rotatable bonds is 6. The van der Waals surface area contributed by atoms with E-state index in [9.17, 15) is 9.18 Å². The molecule has 2 atom stereocenters.